The SMILES string of the molecule is C=C/C(=C\C(=C/C)c1cnc2n[nH]c(C(=C)Nc3cccc(C4=CCC=C4)c3C)c2c1)NC(=C)CCC. The van der Waals surface area contributed by atoms with Crippen molar-refractivity contribution in [3.05, 3.63) is 120 Å². The molecule has 1 aromatic carbocycles. The van der Waals surface area contributed by atoms with Crippen LogP contribution >= 0.6 is 0 Å². The van der Waals surface area contributed by atoms with Crippen molar-refractivity contribution in [2.24, 2.45) is 0 Å². The zero-order valence-electron chi connectivity index (χ0n) is 22.0. The minimum absolute atomic E-state index is 0.645. The first-order chi connectivity index (χ1) is 17.9. The Balaban J connectivity index is 1.62. The molecule has 0 aliphatic heterocycles. The minimum Gasteiger partial charge on any atom is -0.359 e. The van der Waals surface area contributed by atoms with Crippen molar-refractivity contribution in [1.82, 2.24) is 20.5 Å². The standard InChI is InChI=1S/C32H35N5/c1-7-13-21(4)34-27(9-3)18-24(8-2)26-19-29-31(36-37-32(29)33-20-26)23(6)35-30-17-12-16-28(22(30)5)25-14-10-11-15-25/h8-10,12,14-20,34-35H,3-4,6-7,11,13H2,1-2,5H3,(H,33,36,37)/b24-8+,27-18+. The van der Waals surface area contributed by atoms with Crippen molar-refractivity contribution in [1.29, 1.82) is 0 Å². The van der Waals surface area contributed by atoms with E-state index in [0.717, 1.165) is 64.3 Å². The highest BCUT2D eigenvalue weighted by Gasteiger charge is 2.14. The molecular weight excluding hydrogens is 454 g/mol. The van der Waals surface area contributed by atoms with E-state index >= 15 is 0 Å². The van der Waals surface area contributed by atoms with Crippen molar-refractivity contribution in [3.8, 4) is 0 Å². The van der Waals surface area contributed by atoms with Gasteiger partial charge in [-0.05, 0) is 73.2 Å². The zero-order valence-corrected chi connectivity index (χ0v) is 22.0. The summed E-state index contributed by atoms with van der Waals surface area (Å²) in [5, 5.41) is 15.3. The Labute approximate surface area is 219 Å². The number of hydrogen-bond acceptors (Lipinski definition) is 4. The summed E-state index contributed by atoms with van der Waals surface area (Å²) in [6.45, 7) is 18.7. The quantitative estimate of drug-likeness (QED) is 0.238. The summed E-state index contributed by atoms with van der Waals surface area (Å²) in [6, 6.07) is 8.40. The van der Waals surface area contributed by atoms with E-state index in [1.165, 1.54) is 16.7 Å². The molecular formula is C32H35N5. The second-order valence-electron chi connectivity index (χ2n) is 9.10. The van der Waals surface area contributed by atoms with Crippen molar-refractivity contribution >= 4 is 33.6 Å². The van der Waals surface area contributed by atoms with Crippen LogP contribution in [0.3, 0.4) is 0 Å². The lowest BCUT2D eigenvalue weighted by atomic mass is 9.99. The normalized spacial score (nSPS) is 13.5. The lowest BCUT2D eigenvalue weighted by Gasteiger charge is -2.15. The number of benzene rings is 1. The third-order valence-corrected chi connectivity index (χ3v) is 6.46. The maximum absolute atomic E-state index is 4.61. The molecule has 2 heterocycles. The molecule has 3 N–H and O–H groups in total. The first-order valence-corrected chi connectivity index (χ1v) is 12.7. The Morgan fingerprint density at radius 2 is 2.08 bits per heavy atom. The molecule has 0 atom stereocenters. The van der Waals surface area contributed by atoms with Crippen LogP contribution in [0.25, 0.3) is 27.9 Å². The Morgan fingerprint density at radius 3 is 2.78 bits per heavy atom. The van der Waals surface area contributed by atoms with E-state index in [4.69, 9.17) is 0 Å². The smallest absolute Gasteiger partial charge is 0.181 e. The number of nitrogens with zero attached hydrogens (tertiary/aromatic N) is 2. The number of anilines is 1. The van der Waals surface area contributed by atoms with E-state index in [9.17, 15) is 0 Å². The highest BCUT2D eigenvalue weighted by atomic mass is 15.2. The van der Waals surface area contributed by atoms with Gasteiger partial charge < -0.3 is 10.6 Å². The first-order valence-electron chi connectivity index (χ1n) is 12.7. The van der Waals surface area contributed by atoms with E-state index < -0.39 is 0 Å². The fraction of sp³-hybridized carbons (Fsp3) is 0.188. The molecule has 1 aliphatic carbocycles. The molecule has 0 radical (unpaired) electrons. The van der Waals surface area contributed by atoms with E-state index in [1.807, 2.05) is 13.1 Å². The summed E-state index contributed by atoms with van der Waals surface area (Å²) in [5.41, 5.74) is 10.7. The third-order valence-electron chi connectivity index (χ3n) is 6.46. The summed E-state index contributed by atoms with van der Waals surface area (Å²) in [4.78, 5) is 4.61. The predicted molar refractivity (Wildman–Crippen MR) is 159 cm³/mol. The molecule has 5 heteroatoms. The van der Waals surface area contributed by atoms with Gasteiger partial charge in [0, 0.05) is 34.2 Å². The lowest BCUT2D eigenvalue weighted by molar-refractivity contribution is 0.829. The number of nitrogens with one attached hydrogen (secondary N) is 3. The van der Waals surface area contributed by atoms with Crippen LogP contribution in [0.4, 0.5) is 5.69 Å². The van der Waals surface area contributed by atoms with Crippen molar-refractivity contribution in [2.75, 3.05) is 5.32 Å². The van der Waals surface area contributed by atoms with Gasteiger partial charge in [-0.25, -0.2) is 4.98 Å². The van der Waals surface area contributed by atoms with Gasteiger partial charge in [0.25, 0.3) is 0 Å². The largest absolute Gasteiger partial charge is 0.359 e. The molecule has 3 aromatic rings. The lowest BCUT2D eigenvalue weighted by Crippen LogP contribution is -2.10. The highest BCUT2D eigenvalue weighted by molar-refractivity contribution is 5.94. The summed E-state index contributed by atoms with van der Waals surface area (Å²) in [5.74, 6) is 0. The molecule has 0 amide bonds. The molecule has 0 saturated carbocycles. The van der Waals surface area contributed by atoms with Crippen molar-refractivity contribution < 1.29 is 0 Å². The van der Waals surface area contributed by atoms with Gasteiger partial charge in [-0.2, -0.15) is 5.10 Å². The van der Waals surface area contributed by atoms with Crippen molar-refractivity contribution in [3.63, 3.8) is 0 Å². The van der Waals surface area contributed by atoms with Gasteiger partial charge in [-0.15, -0.1) is 0 Å². The monoisotopic (exact) mass is 489 g/mol. The molecule has 188 valence electrons. The molecule has 1 aliphatic rings. The van der Waals surface area contributed by atoms with Crippen LogP contribution in [0, 0.1) is 6.92 Å². The van der Waals surface area contributed by atoms with E-state index in [0.29, 0.717) is 5.65 Å². The zero-order chi connectivity index (χ0) is 26.4. The van der Waals surface area contributed by atoms with Crippen LogP contribution in [0.1, 0.15) is 55.5 Å². The number of allylic oxidation sites excluding steroid dienone is 9. The predicted octanol–water partition coefficient (Wildman–Crippen LogP) is 8.07. The molecule has 2 aromatic heterocycles. The third kappa shape index (κ3) is 5.72. The van der Waals surface area contributed by atoms with E-state index in [2.05, 4.69) is 114 Å². The van der Waals surface area contributed by atoms with Crippen LogP contribution in [0.5, 0.6) is 0 Å². The van der Waals surface area contributed by atoms with Crippen LogP contribution < -0.4 is 10.6 Å². The average Bonchev–Trinajstić information content (AvgIpc) is 3.58. The van der Waals surface area contributed by atoms with Crippen LogP contribution in [0.15, 0.2) is 98.0 Å². The van der Waals surface area contributed by atoms with Gasteiger partial charge in [0.2, 0.25) is 0 Å². The molecule has 37 heavy (non-hydrogen) atoms. The molecule has 5 nitrogen and oxygen atoms in total. The first kappa shape index (κ1) is 25.7. The second kappa shape index (κ2) is 11.6. The fourth-order valence-corrected chi connectivity index (χ4v) is 4.47. The van der Waals surface area contributed by atoms with Crippen LogP contribution in [-0.2, 0) is 0 Å². The molecule has 0 bridgehead atoms. The summed E-state index contributed by atoms with van der Waals surface area (Å²) in [6.07, 6.45) is 17.3. The van der Waals surface area contributed by atoms with Gasteiger partial charge in [0.15, 0.2) is 5.65 Å². The number of aromatic nitrogens is 3. The van der Waals surface area contributed by atoms with Crippen LogP contribution in [0.2, 0.25) is 0 Å². The molecule has 0 spiro atoms. The minimum atomic E-state index is 0.645. The Bertz CT molecular complexity index is 1480. The number of rotatable bonds is 11. The number of hydrogen-bond donors (Lipinski definition) is 3. The van der Waals surface area contributed by atoms with E-state index in [1.54, 1.807) is 6.08 Å². The van der Waals surface area contributed by atoms with Gasteiger partial charge in [-0.1, -0.05) is 69.5 Å². The number of aromatic amines is 1. The number of fused-ring (bicyclic) bond motifs is 1. The Morgan fingerprint density at radius 1 is 1.24 bits per heavy atom. The summed E-state index contributed by atoms with van der Waals surface area (Å²) < 4.78 is 0. The number of pyridine rings is 1. The maximum Gasteiger partial charge on any atom is 0.181 e. The average molecular weight is 490 g/mol. The summed E-state index contributed by atoms with van der Waals surface area (Å²) >= 11 is 0. The van der Waals surface area contributed by atoms with E-state index in [-0.39, 0.29) is 0 Å². The summed E-state index contributed by atoms with van der Waals surface area (Å²) in [7, 11) is 0. The van der Waals surface area contributed by atoms with Gasteiger partial charge in [0.1, 0.15) is 0 Å². The van der Waals surface area contributed by atoms with Gasteiger partial charge >= 0.3 is 0 Å². The second-order valence-corrected chi connectivity index (χ2v) is 9.10. The fourth-order valence-electron chi connectivity index (χ4n) is 4.47. The molecule has 0 fully saturated rings. The van der Waals surface area contributed by atoms with Gasteiger partial charge in [-0.3, -0.25) is 5.10 Å². The molecule has 0 unspecified atom stereocenters. The molecule has 0 saturated heterocycles. The maximum atomic E-state index is 4.61. The van der Waals surface area contributed by atoms with Gasteiger partial charge in [0.05, 0.1) is 11.4 Å². The Kier molecular flexibility index (Phi) is 8.04. The highest BCUT2D eigenvalue weighted by Crippen LogP contribution is 2.31. The van der Waals surface area contributed by atoms with Crippen LogP contribution in [-0.4, -0.2) is 15.2 Å². The molecule has 4 rings (SSSR count). The topological polar surface area (TPSA) is 65.6 Å². The Hall–Kier alpha value is -4.38. The van der Waals surface area contributed by atoms with Crippen molar-refractivity contribution in [2.45, 2.75) is 40.0 Å². The number of H-pyrrole nitrogens is 1.